The molecule has 4 nitrogen and oxygen atoms in total. The van der Waals surface area contributed by atoms with Crippen molar-refractivity contribution >= 4 is 11.4 Å². The number of pyridine rings is 1. The molecule has 1 aromatic heterocycles. The number of benzene rings is 2. The first-order valence-electron chi connectivity index (χ1n) is 8.38. The van der Waals surface area contributed by atoms with E-state index in [1.807, 2.05) is 31.3 Å². The van der Waals surface area contributed by atoms with Crippen LogP contribution >= 0.6 is 0 Å². The number of halogens is 1. The first-order chi connectivity index (χ1) is 12.4. The first-order valence-corrected chi connectivity index (χ1v) is 8.38. The average Bonchev–Trinajstić information content (AvgIpc) is 2.72. The van der Waals surface area contributed by atoms with E-state index in [2.05, 4.69) is 0 Å². The molecule has 26 heavy (non-hydrogen) atoms. The topological polar surface area (TPSA) is 60.4 Å². The van der Waals surface area contributed by atoms with Crippen molar-refractivity contribution in [2.75, 3.05) is 5.73 Å². The predicted molar refractivity (Wildman–Crippen MR) is 102 cm³/mol. The first kappa shape index (κ1) is 16.3. The summed E-state index contributed by atoms with van der Waals surface area (Å²) < 4.78 is 14.9. The molecule has 0 fully saturated rings. The molecular weight excluding hydrogens is 329 g/mol. The Morgan fingerprint density at radius 3 is 2.50 bits per heavy atom. The second-order valence-corrected chi connectivity index (χ2v) is 6.56. The molecule has 0 bridgehead atoms. The summed E-state index contributed by atoms with van der Waals surface area (Å²) in [5, 5.41) is 0. The molecule has 0 amide bonds. The molecule has 0 spiro atoms. The number of aromatic nitrogens is 1. The van der Waals surface area contributed by atoms with E-state index in [-0.39, 0.29) is 17.4 Å². The van der Waals surface area contributed by atoms with Gasteiger partial charge in [0.25, 0.3) is 5.56 Å². The van der Waals surface area contributed by atoms with Crippen LogP contribution in [0.4, 0.5) is 10.1 Å². The molecule has 0 saturated heterocycles. The summed E-state index contributed by atoms with van der Waals surface area (Å²) in [6.45, 7) is 1.96. The van der Waals surface area contributed by atoms with Gasteiger partial charge in [-0.15, -0.1) is 0 Å². The maximum Gasteiger partial charge on any atom is 0.250 e. The van der Waals surface area contributed by atoms with E-state index in [4.69, 9.17) is 10.7 Å². The Morgan fingerprint density at radius 1 is 1.04 bits per heavy atom. The summed E-state index contributed by atoms with van der Waals surface area (Å²) >= 11 is 0. The average molecular weight is 347 g/mol. The molecule has 2 heterocycles. The number of fused-ring (bicyclic) bond motifs is 3. The number of aliphatic imine (C=N–C) groups is 1. The lowest BCUT2D eigenvalue weighted by Gasteiger charge is -2.13. The van der Waals surface area contributed by atoms with Gasteiger partial charge >= 0.3 is 0 Å². The monoisotopic (exact) mass is 347 g/mol. The normalized spacial score (nSPS) is 15.7. The second-order valence-electron chi connectivity index (χ2n) is 6.56. The molecule has 0 saturated carbocycles. The number of hydrogen-bond donors (Lipinski definition) is 1. The highest BCUT2D eigenvalue weighted by atomic mass is 19.1. The third-order valence-corrected chi connectivity index (χ3v) is 4.74. The zero-order chi connectivity index (χ0) is 18.4. The van der Waals surface area contributed by atoms with Gasteiger partial charge < -0.3 is 10.3 Å². The Morgan fingerprint density at radius 2 is 1.77 bits per heavy atom. The van der Waals surface area contributed by atoms with Crippen molar-refractivity contribution in [2.24, 2.45) is 12.0 Å². The molecule has 2 aromatic carbocycles. The molecule has 0 aliphatic carbocycles. The Bertz CT molecular complexity index is 1100. The van der Waals surface area contributed by atoms with Crippen molar-refractivity contribution in [3.8, 4) is 11.1 Å². The summed E-state index contributed by atoms with van der Waals surface area (Å²) in [6, 6.07) is 13.4. The van der Waals surface area contributed by atoms with Crippen LogP contribution in [0.5, 0.6) is 0 Å². The van der Waals surface area contributed by atoms with Crippen LogP contribution in [0.2, 0.25) is 0 Å². The maximum absolute atomic E-state index is 13.4. The van der Waals surface area contributed by atoms with E-state index in [0.29, 0.717) is 5.69 Å². The fourth-order valence-corrected chi connectivity index (χ4v) is 3.38. The van der Waals surface area contributed by atoms with Gasteiger partial charge in [0.2, 0.25) is 0 Å². The lowest BCUT2D eigenvalue weighted by Crippen LogP contribution is -2.17. The van der Waals surface area contributed by atoms with Crippen LogP contribution in [0.15, 0.2) is 64.5 Å². The summed E-state index contributed by atoms with van der Waals surface area (Å²) in [5.74, 6) is -0.292. The number of anilines is 1. The van der Waals surface area contributed by atoms with Gasteiger partial charge in [-0.05, 0) is 54.4 Å². The lowest BCUT2D eigenvalue weighted by atomic mass is 9.92. The molecule has 130 valence electrons. The van der Waals surface area contributed by atoms with Crippen LogP contribution in [0.25, 0.3) is 11.1 Å². The minimum atomic E-state index is -0.292. The maximum atomic E-state index is 13.4. The van der Waals surface area contributed by atoms with Crippen LogP contribution in [0.1, 0.15) is 29.7 Å². The van der Waals surface area contributed by atoms with E-state index in [1.165, 1.54) is 12.1 Å². The van der Waals surface area contributed by atoms with Crippen molar-refractivity contribution in [2.45, 2.75) is 13.0 Å². The smallest absolute Gasteiger partial charge is 0.250 e. The highest BCUT2D eigenvalue weighted by Gasteiger charge is 2.23. The van der Waals surface area contributed by atoms with E-state index in [1.54, 1.807) is 29.8 Å². The lowest BCUT2D eigenvalue weighted by molar-refractivity contribution is 0.628. The molecule has 1 aliphatic rings. The van der Waals surface area contributed by atoms with E-state index in [9.17, 15) is 9.18 Å². The highest BCUT2D eigenvalue weighted by molar-refractivity contribution is 6.17. The number of nitrogen functional groups attached to an aromatic ring is 1. The highest BCUT2D eigenvalue weighted by Crippen LogP contribution is 2.37. The van der Waals surface area contributed by atoms with Crippen LogP contribution in [0, 0.1) is 5.82 Å². The molecule has 4 rings (SSSR count). The molecular formula is C21H18FN3O. The third kappa shape index (κ3) is 2.62. The van der Waals surface area contributed by atoms with Crippen molar-refractivity contribution in [1.29, 1.82) is 0 Å². The van der Waals surface area contributed by atoms with Gasteiger partial charge in [-0.2, -0.15) is 0 Å². The number of rotatable bonds is 1. The number of hydrogen-bond acceptors (Lipinski definition) is 3. The Balaban J connectivity index is 2.05. The van der Waals surface area contributed by atoms with Gasteiger partial charge in [0, 0.05) is 41.7 Å². The molecule has 1 aliphatic heterocycles. The Kier molecular flexibility index (Phi) is 3.72. The molecule has 3 aromatic rings. The van der Waals surface area contributed by atoms with Crippen LogP contribution in [-0.4, -0.2) is 10.3 Å². The number of aryl methyl sites for hydroxylation is 1. The van der Waals surface area contributed by atoms with Gasteiger partial charge in [0.05, 0.1) is 11.8 Å². The summed E-state index contributed by atoms with van der Waals surface area (Å²) in [4.78, 5) is 17.0. The molecule has 1 unspecified atom stereocenters. The van der Waals surface area contributed by atoms with Gasteiger partial charge in [0.15, 0.2) is 0 Å². The van der Waals surface area contributed by atoms with Gasteiger partial charge in [0.1, 0.15) is 5.82 Å². The number of nitrogens with two attached hydrogens (primary N) is 1. The van der Waals surface area contributed by atoms with Gasteiger partial charge in [-0.25, -0.2) is 4.39 Å². The van der Waals surface area contributed by atoms with Crippen LogP contribution < -0.4 is 11.3 Å². The van der Waals surface area contributed by atoms with Crippen LogP contribution in [-0.2, 0) is 7.05 Å². The zero-order valence-electron chi connectivity index (χ0n) is 14.5. The largest absolute Gasteiger partial charge is 0.399 e. The molecule has 5 heteroatoms. The fraction of sp³-hybridized carbons (Fsp3) is 0.143. The quantitative estimate of drug-likeness (QED) is 0.683. The van der Waals surface area contributed by atoms with E-state index < -0.39 is 0 Å². The molecule has 2 N–H and O–H groups in total. The third-order valence-electron chi connectivity index (χ3n) is 4.74. The predicted octanol–water partition coefficient (Wildman–Crippen LogP) is 3.69. The fourth-order valence-electron chi connectivity index (χ4n) is 3.38. The Labute approximate surface area is 150 Å². The van der Waals surface area contributed by atoms with Crippen molar-refractivity contribution < 1.29 is 4.39 Å². The minimum Gasteiger partial charge on any atom is -0.399 e. The summed E-state index contributed by atoms with van der Waals surface area (Å²) in [7, 11) is 1.73. The Hall–Kier alpha value is -3.21. The molecule has 0 radical (unpaired) electrons. The number of nitrogens with zero attached hydrogens (tertiary/aromatic N) is 2. The molecule has 1 atom stereocenters. The minimum absolute atomic E-state index is 0.0820. The zero-order valence-corrected chi connectivity index (χ0v) is 14.5. The van der Waals surface area contributed by atoms with Crippen LogP contribution in [0.3, 0.4) is 0 Å². The standard InChI is InChI=1S/C21H18FN3O/c1-12-17-10-20(26)25(2)11-19(17)18-9-15(23)7-8-16(18)21(24-12)13-3-5-14(22)6-4-13/h3-12H,23H2,1-2H3. The van der Waals surface area contributed by atoms with E-state index in [0.717, 1.165) is 33.5 Å². The van der Waals surface area contributed by atoms with Gasteiger partial charge in [-0.1, -0.05) is 6.07 Å². The van der Waals surface area contributed by atoms with Crippen molar-refractivity contribution in [3.63, 3.8) is 0 Å². The van der Waals surface area contributed by atoms with Crippen molar-refractivity contribution in [3.05, 3.63) is 87.6 Å². The summed E-state index contributed by atoms with van der Waals surface area (Å²) in [6.07, 6.45) is 1.83. The SMILES string of the molecule is CC1N=C(c2ccc(F)cc2)c2ccc(N)cc2-c2cn(C)c(=O)cc21. The van der Waals surface area contributed by atoms with E-state index >= 15 is 0 Å². The second kappa shape index (κ2) is 5.95. The summed E-state index contributed by atoms with van der Waals surface area (Å²) in [5.41, 5.74) is 11.8. The van der Waals surface area contributed by atoms with Gasteiger partial charge in [-0.3, -0.25) is 9.79 Å². The van der Waals surface area contributed by atoms with Crippen molar-refractivity contribution in [1.82, 2.24) is 4.57 Å².